The van der Waals surface area contributed by atoms with Crippen molar-refractivity contribution in [2.75, 3.05) is 6.54 Å². The summed E-state index contributed by atoms with van der Waals surface area (Å²) in [4.78, 5) is 8.30. The SMILES string of the molecule is CCCC.Cc1cnc(CCCN)nc1. The Kier molecular flexibility index (Phi) is 8.98. The lowest BCUT2D eigenvalue weighted by molar-refractivity contribution is 0.778. The molecule has 3 nitrogen and oxygen atoms in total. The second-order valence-corrected chi connectivity index (χ2v) is 3.57. The Morgan fingerprint density at radius 1 is 1.13 bits per heavy atom. The number of hydrogen-bond donors (Lipinski definition) is 1. The largest absolute Gasteiger partial charge is 0.330 e. The van der Waals surface area contributed by atoms with Crippen LogP contribution in [0.5, 0.6) is 0 Å². The van der Waals surface area contributed by atoms with Gasteiger partial charge in [-0.2, -0.15) is 0 Å². The summed E-state index contributed by atoms with van der Waals surface area (Å²) in [6, 6.07) is 0. The molecule has 0 spiro atoms. The molecule has 0 fully saturated rings. The van der Waals surface area contributed by atoms with Crippen LogP contribution in [-0.2, 0) is 6.42 Å². The highest BCUT2D eigenvalue weighted by molar-refractivity contribution is 5.01. The molecule has 0 saturated heterocycles. The lowest BCUT2D eigenvalue weighted by Crippen LogP contribution is -2.02. The third kappa shape index (κ3) is 8.06. The van der Waals surface area contributed by atoms with Gasteiger partial charge in [-0.05, 0) is 25.5 Å². The average Bonchev–Trinajstić information content (AvgIpc) is 2.29. The van der Waals surface area contributed by atoms with Gasteiger partial charge in [0.25, 0.3) is 0 Å². The minimum atomic E-state index is 0.706. The number of nitrogens with zero attached hydrogens (tertiary/aromatic N) is 2. The van der Waals surface area contributed by atoms with Gasteiger partial charge in [-0.3, -0.25) is 0 Å². The molecule has 1 rings (SSSR count). The maximum Gasteiger partial charge on any atom is 0.128 e. The van der Waals surface area contributed by atoms with Gasteiger partial charge in [0.1, 0.15) is 5.82 Å². The molecular formula is C12H23N3. The van der Waals surface area contributed by atoms with E-state index in [4.69, 9.17) is 5.73 Å². The number of aromatic nitrogens is 2. The van der Waals surface area contributed by atoms with Gasteiger partial charge in [0, 0.05) is 18.8 Å². The van der Waals surface area contributed by atoms with Crippen molar-refractivity contribution >= 4 is 0 Å². The smallest absolute Gasteiger partial charge is 0.128 e. The summed E-state index contributed by atoms with van der Waals surface area (Å²) in [5.74, 6) is 0.890. The van der Waals surface area contributed by atoms with E-state index in [-0.39, 0.29) is 0 Å². The van der Waals surface area contributed by atoms with Crippen molar-refractivity contribution in [3.8, 4) is 0 Å². The van der Waals surface area contributed by atoms with Crippen molar-refractivity contribution in [3.63, 3.8) is 0 Å². The van der Waals surface area contributed by atoms with E-state index in [2.05, 4.69) is 23.8 Å². The van der Waals surface area contributed by atoms with Crippen LogP contribution in [0.3, 0.4) is 0 Å². The van der Waals surface area contributed by atoms with Gasteiger partial charge in [0.05, 0.1) is 0 Å². The quantitative estimate of drug-likeness (QED) is 0.828. The van der Waals surface area contributed by atoms with E-state index in [9.17, 15) is 0 Å². The van der Waals surface area contributed by atoms with Gasteiger partial charge in [0.2, 0.25) is 0 Å². The predicted molar refractivity (Wildman–Crippen MR) is 64.7 cm³/mol. The van der Waals surface area contributed by atoms with Crippen LogP contribution < -0.4 is 5.73 Å². The van der Waals surface area contributed by atoms with Gasteiger partial charge < -0.3 is 5.73 Å². The van der Waals surface area contributed by atoms with Gasteiger partial charge in [-0.1, -0.05) is 26.7 Å². The van der Waals surface area contributed by atoms with E-state index >= 15 is 0 Å². The Morgan fingerprint density at radius 3 is 2.07 bits per heavy atom. The zero-order chi connectivity index (χ0) is 11.5. The molecule has 0 aliphatic rings. The Hall–Kier alpha value is -0.960. The van der Waals surface area contributed by atoms with Crippen LogP contribution in [-0.4, -0.2) is 16.5 Å². The molecule has 0 bridgehead atoms. The van der Waals surface area contributed by atoms with Crippen LogP contribution >= 0.6 is 0 Å². The molecule has 0 aliphatic carbocycles. The number of aryl methyl sites for hydroxylation is 2. The maximum absolute atomic E-state index is 5.35. The molecule has 2 N–H and O–H groups in total. The summed E-state index contributed by atoms with van der Waals surface area (Å²) in [6.07, 6.45) is 8.15. The highest BCUT2D eigenvalue weighted by Crippen LogP contribution is 1.95. The maximum atomic E-state index is 5.35. The van der Waals surface area contributed by atoms with Gasteiger partial charge in [0.15, 0.2) is 0 Å². The summed E-state index contributed by atoms with van der Waals surface area (Å²) in [5.41, 5.74) is 6.45. The van der Waals surface area contributed by atoms with Crippen LogP contribution in [0.4, 0.5) is 0 Å². The van der Waals surface area contributed by atoms with Crippen molar-refractivity contribution in [2.45, 2.75) is 46.5 Å². The summed E-state index contributed by atoms with van der Waals surface area (Å²) >= 11 is 0. The fourth-order valence-electron chi connectivity index (χ4n) is 0.809. The van der Waals surface area contributed by atoms with Crippen LogP contribution in [0.25, 0.3) is 0 Å². The fraction of sp³-hybridized carbons (Fsp3) is 0.667. The molecule has 1 aromatic heterocycles. The van der Waals surface area contributed by atoms with Crippen molar-refractivity contribution < 1.29 is 0 Å². The van der Waals surface area contributed by atoms with Gasteiger partial charge in [-0.15, -0.1) is 0 Å². The zero-order valence-corrected chi connectivity index (χ0v) is 10.2. The normalized spacial score (nSPS) is 9.33. The topological polar surface area (TPSA) is 51.8 Å². The van der Waals surface area contributed by atoms with E-state index in [0.29, 0.717) is 6.54 Å². The standard InChI is InChI=1S/C8H13N3.C4H10/c1-7-5-10-8(11-6-7)3-2-4-9;1-3-4-2/h5-6H,2-4,9H2,1H3;3-4H2,1-2H3. The van der Waals surface area contributed by atoms with Gasteiger partial charge >= 0.3 is 0 Å². The monoisotopic (exact) mass is 209 g/mol. The predicted octanol–water partition coefficient (Wildman–Crippen LogP) is 2.48. The Balaban J connectivity index is 0.000000423. The van der Waals surface area contributed by atoms with Crippen LogP contribution in [0.2, 0.25) is 0 Å². The third-order valence-corrected chi connectivity index (χ3v) is 1.94. The van der Waals surface area contributed by atoms with Crippen molar-refractivity contribution in [3.05, 3.63) is 23.8 Å². The first-order valence-corrected chi connectivity index (χ1v) is 5.72. The highest BCUT2D eigenvalue weighted by atomic mass is 14.9. The number of unbranched alkanes of at least 4 members (excludes halogenated alkanes) is 1. The third-order valence-electron chi connectivity index (χ3n) is 1.94. The second kappa shape index (κ2) is 9.59. The number of nitrogens with two attached hydrogens (primary N) is 1. The van der Waals surface area contributed by atoms with Crippen LogP contribution in [0.15, 0.2) is 12.4 Å². The summed E-state index contributed by atoms with van der Waals surface area (Å²) in [5, 5.41) is 0. The van der Waals surface area contributed by atoms with E-state index in [1.807, 2.05) is 19.3 Å². The van der Waals surface area contributed by atoms with E-state index in [0.717, 1.165) is 24.2 Å². The van der Waals surface area contributed by atoms with Crippen molar-refractivity contribution in [1.82, 2.24) is 9.97 Å². The summed E-state index contributed by atoms with van der Waals surface area (Å²) in [6.45, 7) is 7.05. The fourth-order valence-corrected chi connectivity index (χ4v) is 0.809. The Bertz CT molecular complexity index is 229. The minimum Gasteiger partial charge on any atom is -0.330 e. The molecule has 0 aliphatic heterocycles. The van der Waals surface area contributed by atoms with E-state index < -0.39 is 0 Å². The number of hydrogen-bond acceptors (Lipinski definition) is 3. The first kappa shape index (κ1) is 14.0. The number of rotatable bonds is 4. The summed E-state index contributed by atoms with van der Waals surface area (Å²) in [7, 11) is 0. The van der Waals surface area contributed by atoms with Crippen molar-refractivity contribution in [2.24, 2.45) is 5.73 Å². The van der Waals surface area contributed by atoms with E-state index in [1.54, 1.807) is 0 Å². The second-order valence-electron chi connectivity index (χ2n) is 3.57. The minimum absolute atomic E-state index is 0.706. The molecule has 3 heteroatoms. The molecule has 0 radical (unpaired) electrons. The summed E-state index contributed by atoms with van der Waals surface area (Å²) < 4.78 is 0. The molecule has 1 aromatic rings. The first-order valence-electron chi connectivity index (χ1n) is 5.72. The molecule has 0 saturated carbocycles. The Morgan fingerprint density at radius 2 is 1.67 bits per heavy atom. The first-order chi connectivity index (χ1) is 7.24. The zero-order valence-electron chi connectivity index (χ0n) is 10.2. The lowest BCUT2D eigenvalue weighted by atomic mass is 10.3. The van der Waals surface area contributed by atoms with Gasteiger partial charge in [-0.25, -0.2) is 9.97 Å². The molecule has 0 atom stereocenters. The molecule has 0 aromatic carbocycles. The van der Waals surface area contributed by atoms with Crippen LogP contribution in [0, 0.1) is 6.92 Å². The molecule has 86 valence electrons. The average molecular weight is 209 g/mol. The van der Waals surface area contributed by atoms with Crippen LogP contribution in [0.1, 0.15) is 44.5 Å². The van der Waals surface area contributed by atoms with Crippen molar-refractivity contribution in [1.29, 1.82) is 0 Å². The molecule has 0 amide bonds. The molecular weight excluding hydrogens is 186 g/mol. The Labute approximate surface area is 93.1 Å². The highest BCUT2D eigenvalue weighted by Gasteiger charge is 1.93. The molecule has 0 unspecified atom stereocenters. The lowest BCUT2D eigenvalue weighted by Gasteiger charge is -1.96. The molecule has 15 heavy (non-hydrogen) atoms. The molecule has 1 heterocycles. The van der Waals surface area contributed by atoms with E-state index in [1.165, 1.54) is 12.8 Å².